The van der Waals surface area contributed by atoms with Crippen LogP contribution < -0.4 is 10.3 Å². The van der Waals surface area contributed by atoms with E-state index in [9.17, 15) is 14.0 Å². The topological polar surface area (TPSA) is 63.9 Å². The van der Waals surface area contributed by atoms with Gasteiger partial charge in [0.25, 0.3) is 11.5 Å². The number of fused-ring (bicyclic) bond motifs is 1. The van der Waals surface area contributed by atoms with Crippen LogP contribution in [-0.2, 0) is 0 Å². The first-order chi connectivity index (χ1) is 13.5. The molecular formula is C20H20FN3O3S. The van der Waals surface area contributed by atoms with Crippen molar-refractivity contribution in [3.05, 3.63) is 63.3 Å². The van der Waals surface area contributed by atoms with Crippen molar-refractivity contribution in [2.75, 3.05) is 19.7 Å². The van der Waals surface area contributed by atoms with E-state index in [0.29, 0.717) is 30.4 Å². The highest BCUT2D eigenvalue weighted by Gasteiger charge is 2.27. The normalized spacial score (nSPS) is 17.1. The molecule has 6 nitrogen and oxygen atoms in total. The number of hydrogen-bond acceptors (Lipinski definition) is 5. The van der Waals surface area contributed by atoms with Gasteiger partial charge in [0, 0.05) is 36.3 Å². The summed E-state index contributed by atoms with van der Waals surface area (Å²) >= 11 is 1.38. The first-order valence-corrected chi connectivity index (χ1v) is 10.0. The van der Waals surface area contributed by atoms with E-state index < -0.39 is 0 Å². The minimum Gasteiger partial charge on any atom is -0.493 e. The zero-order valence-electron chi connectivity index (χ0n) is 15.4. The minimum absolute atomic E-state index is 0.0964. The molecule has 1 aliphatic heterocycles. The fourth-order valence-corrected chi connectivity index (χ4v) is 4.30. The molecule has 1 aliphatic rings. The molecule has 1 atom stereocenters. The van der Waals surface area contributed by atoms with E-state index in [-0.39, 0.29) is 28.8 Å². The lowest BCUT2D eigenvalue weighted by Crippen LogP contribution is -2.43. The molecule has 1 aromatic carbocycles. The van der Waals surface area contributed by atoms with Gasteiger partial charge >= 0.3 is 0 Å². The number of piperidine rings is 1. The number of halogens is 1. The monoisotopic (exact) mass is 401 g/mol. The van der Waals surface area contributed by atoms with Crippen LogP contribution in [0, 0.1) is 18.7 Å². The SMILES string of the molecule is Cc1csc2ncc(C(=O)N3CCC[C@@H](COc4ccc(F)cc4)C3)c(=O)n12. The number of aryl methyl sites for hydroxylation is 1. The van der Waals surface area contributed by atoms with Crippen LogP contribution in [0.2, 0.25) is 0 Å². The molecule has 3 heterocycles. The Morgan fingerprint density at radius 2 is 2.14 bits per heavy atom. The molecule has 146 valence electrons. The molecule has 0 saturated carbocycles. The molecular weight excluding hydrogens is 381 g/mol. The second-order valence-corrected chi connectivity index (χ2v) is 7.83. The van der Waals surface area contributed by atoms with E-state index in [2.05, 4.69) is 4.98 Å². The van der Waals surface area contributed by atoms with Crippen molar-refractivity contribution >= 4 is 22.2 Å². The Bertz CT molecular complexity index is 1060. The highest BCUT2D eigenvalue weighted by Crippen LogP contribution is 2.20. The number of amides is 1. The maximum Gasteiger partial charge on any atom is 0.271 e. The number of carbonyl (C=O) groups excluding carboxylic acids is 1. The molecule has 0 unspecified atom stereocenters. The van der Waals surface area contributed by atoms with E-state index in [0.717, 1.165) is 18.5 Å². The van der Waals surface area contributed by atoms with Gasteiger partial charge in [-0.3, -0.25) is 14.0 Å². The van der Waals surface area contributed by atoms with Crippen molar-refractivity contribution in [1.82, 2.24) is 14.3 Å². The molecule has 1 amide bonds. The van der Waals surface area contributed by atoms with Crippen LogP contribution in [-0.4, -0.2) is 39.9 Å². The smallest absolute Gasteiger partial charge is 0.271 e. The second kappa shape index (κ2) is 7.71. The number of carbonyl (C=O) groups is 1. The Morgan fingerprint density at radius 3 is 2.93 bits per heavy atom. The highest BCUT2D eigenvalue weighted by molar-refractivity contribution is 7.15. The van der Waals surface area contributed by atoms with Crippen LogP contribution in [0.3, 0.4) is 0 Å². The quantitative estimate of drug-likeness (QED) is 0.674. The van der Waals surface area contributed by atoms with Gasteiger partial charge in [-0.05, 0) is 44.0 Å². The summed E-state index contributed by atoms with van der Waals surface area (Å²) in [5, 5.41) is 1.85. The van der Waals surface area contributed by atoms with Crippen molar-refractivity contribution in [3.63, 3.8) is 0 Å². The lowest BCUT2D eigenvalue weighted by Gasteiger charge is -2.32. The largest absolute Gasteiger partial charge is 0.493 e. The molecule has 28 heavy (non-hydrogen) atoms. The lowest BCUT2D eigenvalue weighted by molar-refractivity contribution is 0.0631. The summed E-state index contributed by atoms with van der Waals surface area (Å²) < 4.78 is 20.2. The molecule has 3 aromatic rings. The number of benzene rings is 1. The zero-order valence-corrected chi connectivity index (χ0v) is 16.2. The number of ether oxygens (including phenoxy) is 1. The Hall–Kier alpha value is -2.74. The molecule has 0 radical (unpaired) electrons. The van der Waals surface area contributed by atoms with Gasteiger partial charge in [-0.2, -0.15) is 0 Å². The molecule has 0 spiro atoms. The number of thiazole rings is 1. The summed E-state index contributed by atoms with van der Waals surface area (Å²) in [6.45, 7) is 3.39. The summed E-state index contributed by atoms with van der Waals surface area (Å²) in [4.78, 5) is 32.2. The summed E-state index contributed by atoms with van der Waals surface area (Å²) in [7, 11) is 0. The molecule has 4 rings (SSSR count). The van der Waals surface area contributed by atoms with Gasteiger partial charge in [0.2, 0.25) is 0 Å². The summed E-state index contributed by atoms with van der Waals surface area (Å²) in [5.74, 6) is 0.166. The van der Waals surface area contributed by atoms with E-state index in [1.807, 2.05) is 12.3 Å². The van der Waals surface area contributed by atoms with Crippen molar-refractivity contribution in [3.8, 4) is 5.75 Å². The number of rotatable bonds is 4. The molecule has 0 N–H and O–H groups in total. The Morgan fingerprint density at radius 1 is 1.36 bits per heavy atom. The van der Waals surface area contributed by atoms with Crippen LogP contribution in [0.15, 0.2) is 40.6 Å². The van der Waals surface area contributed by atoms with Crippen LogP contribution in [0.1, 0.15) is 28.9 Å². The molecule has 1 saturated heterocycles. The number of nitrogens with zero attached hydrogens (tertiary/aromatic N) is 3. The lowest BCUT2D eigenvalue weighted by atomic mass is 9.98. The van der Waals surface area contributed by atoms with Gasteiger partial charge < -0.3 is 9.64 Å². The number of likely N-dealkylation sites (tertiary alicyclic amines) is 1. The van der Waals surface area contributed by atoms with Crippen molar-refractivity contribution in [2.24, 2.45) is 5.92 Å². The predicted octanol–water partition coefficient (Wildman–Crippen LogP) is 3.13. The van der Waals surface area contributed by atoms with Crippen molar-refractivity contribution in [1.29, 1.82) is 0 Å². The molecule has 0 bridgehead atoms. The fourth-order valence-electron chi connectivity index (χ4n) is 3.47. The van der Waals surface area contributed by atoms with Crippen LogP contribution >= 0.6 is 11.3 Å². The third-order valence-electron chi connectivity index (χ3n) is 4.95. The maximum absolute atomic E-state index is 13.0. The van der Waals surface area contributed by atoms with E-state index in [4.69, 9.17) is 4.74 Å². The zero-order chi connectivity index (χ0) is 19.7. The summed E-state index contributed by atoms with van der Waals surface area (Å²) in [6.07, 6.45) is 3.16. The number of hydrogen-bond donors (Lipinski definition) is 0. The first-order valence-electron chi connectivity index (χ1n) is 9.16. The Labute approximate surface area is 165 Å². The standard InChI is InChI=1S/C20H20FN3O3S/c1-13-12-28-20-22-9-17(19(26)24(13)20)18(25)23-8-2-3-14(10-23)11-27-16-6-4-15(21)5-7-16/h4-7,9,12,14H,2-3,8,10-11H2,1H3/t14-/m1/s1. The second-order valence-electron chi connectivity index (χ2n) is 7.00. The number of aromatic nitrogens is 2. The molecule has 8 heteroatoms. The van der Waals surface area contributed by atoms with Gasteiger partial charge in [-0.1, -0.05) is 0 Å². The van der Waals surface area contributed by atoms with Gasteiger partial charge in [0.15, 0.2) is 4.96 Å². The highest BCUT2D eigenvalue weighted by atomic mass is 32.1. The van der Waals surface area contributed by atoms with Crippen LogP contribution in [0.25, 0.3) is 4.96 Å². The van der Waals surface area contributed by atoms with Crippen LogP contribution in [0.4, 0.5) is 4.39 Å². The molecule has 2 aromatic heterocycles. The van der Waals surface area contributed by atoms with Crippen molar-refractivity contribution in [2.45, 2.75) is 19.8 Å². The van der Waals surface area contributed by atoms with Gasteiger partial charge in [-0.25, -0.2) is 9.37 Å². The summed E-state index contributed by atoms with van der Waals surface area (Å²) in [6, 6.07) is 5.89. The van der Waals surface area contributed by atoms with E-state index >= 15 is 0 Å². The van der Waals surface area contributed by atoms with Gasteiger partial charge in [0.05, 0.1) is 6.61 Å². The van der Waals surface area contributed by atoms with Gasteiger partial charge in [0.1, 0.15) is 17.1 Å². The average Bonchev–Trinajstić information content (AvgIpc) is 3.09. The van der Waals surface area contributed by atoms with E-state index in [1.165, 1.54) is 34.1 Å². The Balaban J connectivity index is 1.46. The molecule has 1 fully saturated rings. The minimum atomic E-state index is -0.321. The third-order valence-corrected chi connectivity index (χ3v) is 5.91. The molecule has 0 aliphatic carbocycles. The maximum atomic E-state index is 13.0. The summed E-state index contributed by atoms with van der Waals surface area (Å²) in [5.41, 5.74) is 0.550. The van der Waals surface area contributed by atoms with Gasteiger partial charge in [-0.15, -0.1) is 11.3 Å². The Kier molecular flexibility index (Phi) is 5.13. The average molecular weight is 401 g/mol. The first kappa shape index (κ1) is 18.6. The van der Waals surface area contributed by atoms with Crippen molar-refractivity contribution < 1.29 is 13.9 Å². The third kappa shape index (κ3) is 3.64. The fraction of sp³-hybridized carbons (Fsp3) is 0.350. The van der Waals surface area contributed by atoms with Crippen LogP contribution in [0.5, 0.6) is 5.75 Å². The predicted molar refractivity (Wildman–Crippen MR) is 105 cm³/mol. The van der Waals surface area contributed by atoms with E-state index in [1.54, 1.807) is 17.0 Å².